The van der Waals surface area contributed by atoms with Crippen LogP contribution in [0.4, 0.5) is 3.89 Å². The molecule has 0 saturated carbocycles. The molecule has 0 radical (unpaired) electrons. The topological polar surface area (TPSA) is 52.6 Å². The van der Waals surface area contributed by atoms with Crippen molar-refractivity contribution in [1.29, 1.82) is 0 Å². The second-order valence-corrected chi connectivity index (χ2v) is 8.78. The highest BCUT2D eigenvalue weighted by Gasteiger charge is 2.51. The quantitative estimate of drug-likeness (QED) is 0.424. The molecule has 0 amide bonds. The number of benzene rings is 1. The van der Waals surface area contributed by atoms with Crippen molar-refractivity contribution in [3.05, 3.63) is 27.3 Å². The summed E-state index contributed by atoms with van der Waals surface area (Å²) in [5.74, 6) is -0.643. The lowest BCUT2D eigenvalue weighted by molar-refractivity contribution is 0.00578. The van der Waals surface area contributed by atoms with Crippen LogP contribution in [0.1, 0.15) is 33.3 Å². The van der Waals surface area contributed by atoms with Crippen molar-refractivity contribution >= 4 is 45.4 Å². The molecule has 1 heterocycles. The Morgan fingerprint density at radius 1 is 1.14 bits per heavy atom. The van der Waals surface area contributed by atoms with E-state index in [1.165, 1.54) is 0 Å². The highest BCUT2D eigenvalue weighted by Crippen LogP contribution is 2.36. The summed E-state index contributed by atoms with van der Waals surface area (Å²) < 4.78 is 47.2. The number of hydrogen-bond acceptors (Lipinski definition) is 4. The van der Waals surface area contributed by atoms with Crippen molar-refractivity contribution in [2.75, 3.05) is 0 Å². The van der Waals surface area contributed by atoms with Gasteiger partial charge in [0.15, 0.2) is 0 Å². The average molecular weight is 426 g/mol. The normalized spacial score (nSPS) is 20.8. The fraction of sp³-hybridized carbons (Fsp3) is 0.538. The molecule has 1 aliphatic heterocycles. The molecular weight excluding hydrogens is 409 g/mol. The molecule has 1 aromatic carbocycles. The van der Waals surface area contributed by atoms with Crippen LogP contribution in [-0.2, 0) is 25.3 Å². The second-order valence-electron chi connectivity index (χ2n) is 6.16. The zero-order chi connectivity index (χ0) is 16.1. The second kappa shape index (κ2) is 5.47. The van der Waals surface area contributed by atoms with E-state index in [4.69, 9.17) is 9.31 Å². The summed E-state index contributed by atoms with van der Waals surface area (Å²) in [6, 6.07) is 5.09. The van der Waals surface area contributed by atoms with Crippen molar-refractivity contribution in [2.24, 2.45) is 0 Å². The third-order valence-electron chi connectivity index (χ3n) is 3.84. The van der Waals surface area contributed by atoms with E-state index in [1.54, 1.807) is 12.1 Å². The van der Waals surface area contributed by atoms with E-state index in [9.17, 15) is 12.3 Å². The van der Waals surface area contributed by atoms with E-state index in [0.717, 1.165) is 3.57 Å². The molecule has 0 unspecified atom stereocenters. The maximum absolute atomic E-state index is 12.9. The van der Waals surface area contributed by atoms with Gasteiger partial charge in [-0.25, -0.2) is 0 Å². The van der Waals surface area contributed by atoms with Crippen molar-refractivity contribution < 1.29 is 21.6 Å². The number of halogens is 2. The maximum Gasteiger partial charge on any atom is 0.494 e. The van der Waals surface area contributed by atoms with Gasteiger partial charge in [0, 0.05) is 3.57 Å². The molecule has 1 saturated heterocycles. The molecule has 8 heteroatoms. The van der Waals surface area contributed by atoms with Gasteiger partial charge in [-0.3, -0.25) is 0 Å². The monoisotopic (exact) mass is 426 g/mol. The highest BCUT2D eigenvalue weighted by atomic mass is 127. The fourth-order valence-corrected chi connectivity index (χ4v) is 3.40. The zero-order valence-electron chi connectivity index (χ0n) is 12.3. The molecule has 4 nitrogen and oxygen atoms in total. The molecule has 0 aliphatic carbocycles. The Morgan fingerprint density at radius 3 is 2.14 bits per heavy atom. The van der Waals surface area contributed by atoms with Gasteiger partial charge in [-0.15, -0.1) is 3.89 Å². The van der Waals surface area contributed by atoms with E-state index < -0.39 is 34.3 Å². The molecule has 0 N–H and O–H groups in total. The van der Waals surface area contributed by atoms with Gasteiger partial charge >= 0.3 is 17.3 Å². The number of hydrogen-bond donors (Lipinski definition) is 0. The van der Waals surface area contributed by atoms with Crippen LogP contribution in [0, 0.1) is 3.57 Å². The van der Waals surface area contributed by atoms with Crippen LogP contribution in [0.3, 0.4) is 0 Å². The molecule has 1 fully saturated rings. The first kappa shape index (κ1) is 17.2. The smallest absolute Gasteiger partial charge is 0.399 e. The molecule has 0 atom stereocenters. The first-order valence-corrected chi connectivity index (χ1v) is 9.10. The van der Waals surface area contributed by atoms with Crippen LogP contribution in [0.25, 0.3) is 0 Å². The third kappa shape index (κ3) is 3.97. The summed E-state index contributed by atoms with van der Waals surface area (Å²) in [6.07, 6.45) is 0. The fourth-order valence-electron chi connectivity index (χ4n) is 2.07. The summed E-state index contributed by atoms with van der Waals surface area (Å²) in [5, 5.41) is 0. The largest absolute Gasteiger partial charge is 0.494 e. The van der Waals surface area contributed by atoms with Crippen molar-refractivity contribution in [2.45, 2.75) is 44.6 Å². The van der Waals surface area contributed by atoms with Gasteiger partial charge < -0.3 is 9.31 Å². The van der Waals surface area contributed by atoms with Gasteiger partial charge in [-0.1, -0.05) is 6.07 Å². The number of rotatable bonds is 3. The van der Waals surface area contributed by atoms with Crippen LogP contribution < -0.4 is 5.46 Å². The van der Waals surface area contributed by atoms with Crippen molar-refractivity contribution in [3.63, 3.8) is 0 Å². The minimum atomic E-state index is -4.56. The summed E-state index contributed by atoms with van der Waals surface area (Å²) in [7, 11) is -5.16. The Balaban J connectivity index is 2.34. The predicted octanol–water partition coefficient (Wildman–Crippen LogP) is 2.39. The Labute approximate surface area is 138 Å². The highest BCUT2D eigenvalue weighted by molar-refractivity contribution is 14.1. The Morgan fingerprint density at radius 2 is 1.67 bits per heavy atom. The Kier molecular flexibility index (Phi) is 4.47. The van der Waals surface area contributed by atoms with E-state index in [-0.39, 0.29) is 0 Å². The minimum absolute atomic E-state index is 0.383. The molecule has 116 valence electrons. The van der Waals surface area contributed by atoms with Gasteiger partial charge in [0.05, 0.1) is 11.2 Å². The van der Waals surface area contributed by atoms with Crippen LogP contribution in [-0.4, -0.2) is 26.7 Å². The zero-order valence-corrected chi connectivity index (χ0v) is 15.3. The van der Waals surface area contributed by atoms with Crippen LogP contribution in [0.5, 0.6) is 0 Å². The SMILES string of the molecule is CC1(C)OB(c2cc(I)cc(CS(=O)(=O)F)c2)OC1(C)C. The molecule has 0 aromatic heterocycles. The van der Waals surface area contributed by atoms with Gasteiger partial charge in [0.2, 0.25) is 0 Å². The molecule has 1 aromatic rings. The molecule has 0 spiro atoms. The standard InChI is InChI=1S/C13H17BFIO4S/c1-12(2)13(3,4)20-14(19-12)10-5-9(6-11(16)7-10)8-21(15,17)18/h5-7H,8H2,1-4H3. The molecular formula is C13H17BFIO4S. The molecule has 2 rings (SSSR count). The minimum Gasteiger partial charge on any atom is -0.399 e. The van der Waals surface area contributed by atoms with E-state index in [1.807, 2.05) is 33.8 Å². The Bertz CT molecular complexity index is 644. The van der Waals surface area contributed by atoms with E-state index >= 15 is 0 Å². The lowest BCUT2D eigenvalue weighted by Crippen LogP contribution is -2.41. The average Bonchev–Trinajstić information content (AvgIpc) is 2.44. The first-order chi connectivity index (χ1) is 9.40. The van der Waals surface area contributed by atoms with Crippen molar-refractivity contribution in [3.8, 4) is 0 Å². The summed E-state index contributed by atoms with van der Waals surface area (Å²) in [6.45, 7) is 7.75. The van der Waals surface area contributed by atoms with Crippen LogP contribution >= 0.6 is 22.6 Å². The van der Waals surface area contributed by atoms with E-state index in [2.05, 4.69) is 22.6 Å². The third-order valence-corrected chi connectivity index (χ3v) is 5.15. The van der Waals surface area contributed by atoms with Gasteiger partial charge in [-0.2, -0.15) is 8.42 Å². The molecule has 21 heavy (non-hydrogen) atoms. The lowest BCUT2D eigenvalue weighted by atomic mass is 9.78. The van der Waals surface area contributed by atoms with Gasteiger partial charge in [0.1, 0.15) is 5.75 Å². The van der Waals surface area contributed by atoms with Gasteiger partial charge in [0.25, 0.3) is 0 Å². The Hall–Kier alpha value is -0.185. The first-order valence-electron chi connectivity index (χ1n) is 6.47. The molecule has 1 aliphatic rings. The predicted molar refractivity (Wildman–Crippen MR) is 88.6 cm³/mol. The van der Waals surface area contributed by atoms with Crippen molar-refractivity contribution in [1.82, 2.24) is 0 Å². The summed E-state index contributed by atoms with van der Waals surface area (Å²) in [5.41, 5.74) is 0.115. The van der Waals surface area contributed by atoms with Crippen LogP contribution in [0.2, 0.25) is 0 Å². The van der Waals surface area contributed by atoms with Gasteiger partial charge in [-0.05, 0) is 73.4 Å². The lowest BCUT2D eigenvalue weighted by Gasteiger charge is -2.32. The van der Waals surface area contributed by atoms with E-state index in [0.29, 0.717) is 11.0 Å². The van der Waals surface area contributed by atoms with Crippen LogP contribution in [0.15, 0.2) is 18.2 Å². The summed E-state index contributed by atoms with van der Waals surface area (Å²) in [4.78, 5) is 0. The maximum atomic E-state index is 12.9. The molecule has 0 bridgehead atoms. The summed E-state index contributed by atoms with van der Waals surface area (Å²) >= 11 is 2.06.